The Morgan fingerprint density at radius 3 is 0.622 bits per heavy atom. The first-order valence-electron chi connectivity index (χ1n) is 34.1. The maximum atomic E-state index is 12.9. The van der Waals surface area contributed by atoms with Crippen molar-refractivity contribution in [3.8, 4) is 51.7 Å². The third kappa shape index (κ3) is 11.5. The molecule has 0 aliphatic carbocycles. The highest BCUT2D eigenvalue weighted by Gasteiger charge is 2.41. The molecule has 9 nitrogen and oxygen atoms in total. The Hall–Kier alpha value is -9.60. The summed E-state index contributed by atoms with van der Waals surface area (Å²) in [5, 5.41) is 113. The van der Waals surface area contributed by atoms with Gasteiger partial charge in [-0.1, -0.05) is 98.8 Å². The number of benzene rings is 10. The van der Waals surface area contributed by atoms with Gasteiger partial charge in [0, 0.05) is 78.7 Å². The molecular weight excluding hydrogens is 1210 g/mol. The summed E-state index contributed by atoms with van der Waals surface area (Å²) in [5.74, 6) is -2.04. The molecule has 9 heteroatoms. The van der Waals surface area contributed by atoms with E-state index in [9.17, 15) is 46.0 Å². The van der Waals surface area contributed by atoms with Gasteiger partial charge in [-0.25, -0.2) is 0 Å². The first kappa shape index (κ1) is 71.2. The zero-order valence-electron chi connectivity index (χ0n) is 62.0. The van der Waals surface area contributed by atoms with Crippen LogP contribution in [0.4, 0.5) is 0 Å². The second kappa shape index (κ2) is 25.7. The number of phenols is 9. The molecule has 0 spiro atoms. The zero-order valence-corrected chi connectivity index (χ0v) is 62.0. The summed E-state index contributed by atoms with van der Waals surface area (Å²) in [6.07, 6.45) is 0. The molecule has 0 unspecified atom stereocenters. The Kier molecular flexibility index (Phi) is 18.7. The summed E-state index contributed by atoms with van der Waals surface area (Å²) < 4.78 is 0. The lowest BCUT2D eigenvalue weighted by Gasteiger charge is -2.36. The van der Waals surface area contributed by atoms with E-state index < -0.39 is 28.6 Å². The summed E-state index contributed by atoms with van der Waals surface area (Å²) in [6, 6.07) is 32.8. The van der Waals surface area contributed by atoms with Gasteiger partial charge in [0.25, 0.3) is 0 Å². The van der Waals surface area contributed by atoms with Gasteiger partial charge in [0.05, 0.1) is 0 Å². The minimum Gasteiger partial charge on any atom is -0.507 e. The van der Waals surface area contributed by atoms with E-state index in [1.54, 1.807) is 0 Å². The van der Waals surface area contributed by atoms with E-state index in [-0.39, 0.29) is 51.7 Å². The largest absolute Gasteiger partial charge is 0.507 e. The van der Waals surface area contributed by atoms with Crippen molar-refractivity contribution in [2.75, 3.05) is 0 Å². The van der Waals surface area contributed by atoms with Gasteiger partial charge in [-0.2, -0.15) is 0 Å². The fourth-order valence-corrected chi connectivity index (χ4v) is 16.0. The second-order valence-electron chi connectivity index (χ2n) is 29.7. The van der Waals surface area contributed by atoms with Crippen LogP contribution in [-0.4, -0.2) is 46.0 Å². The molecule has 0 atom stereocenters. The Morgan fingerprint density at radius 1 is 0.204 bits per heavy atom. The second-order valence-corrected chi connectivity index (χ2v) is 29.7. The lowest BCUT2D eigenvalue weighted by molar-refractivity contribution is 0.442. The molecular formula is C89H100O9. The van der Waals surface area contributed by atoms with E-state index >= 15 is 0 Å². The number of phenolic OH excluding ortho intramolecular Hbond substituents is 9. The van der Waals surface area contributed by atoms with Crippen LogP contribution in [0.2, 0.25) is 0 Å². The normalized spacial score (nSPS) is 12.1. The van der Waals surface area contributed by atoms with Gasteiger partial charge in [0.1, 0.15) is 51.7 Å². The van der Waals surface area contributed by atoms with Crippen molar-refractivity contribution >= 4 is 0 Å². The van der Waals surface area contributed by atoms with Crippen LogP contribution >= 0.6 is 0 Å². The SMILES string of the molecule is Cc1cc(C)c(C(c2cc(C(C)(C)c3ccc(C(C)(c4cc(C)c(O)c(C(c5c(C)cc(C)c(C)c5O)c5c(C)cc(C)c(C)c5O)c4)c4cc(C)c(O)c(C(c5c(C)cc(C)c(C)c5O)c5c(C)cc(C)c(C)c5O)c4)cc3)cc(C)c2O)c2c(C)cc(C)c(C)c2O)c(O)c1C. The molecule has 9 N–H and O–H groups in total. The predicted molar refractivity (Wildman–Crippen MR) is 399 cm³/mol. The summed E-state index contributed by atoms with van der Waals surface area (Å²) in [4.78, 5) is 0. The lowest BCUT2D eigenvalue weighted by Crippen LogP contribution is -2.27. The smallest absolute Gasteiger partial charge is 0.123 e. The van der Waals surface area contributed by atoms with E-state index in [1.165, 1.54) is 0 Å². The van der Waals surface area contributed by atoms with Crippen molar-refractivity contribution in [3.05, 3.63) is 292 Å². The van der Waals surface area contributed by atoms with E-state index in [0.717, 1.165) is 94.6 Å². The highest BCUT2D eigenvalue weighted by Crippen LogP contribution is 2.56. The van der Waals surface area contributed by atoms with Crippen LogP contribution in [0.5, 0.6) is 51.7 Å². The summed E-state index contributed by atoms with van der Waals surface area (Å²) in [6.45, 7) is 46.9. The average Bonchev–Trinajstić information content (AvgIpc) is 0.734. The fourth-order valence-electron chi connectivity index (χ4n) is 16.0. The van der Waals surface area contributed by atoms with Gasteiger partial charge in [-0.3, -0.25) is 0 Å². The van der Waals surface area contributed by atoms with Crippen LogP contribution in [0.15, 0.2) is 97.1 Å². The Labute approximate surface area is 581 Å². The molecule has 0 radical (unpaired) electrons. The van der Waals surface area contributed by atoms with Gasteiger partial charge in [0.15, 0.2) is 0 Å². The molecule has 0 aliphatic heterocycles. The number of hydrogen-bond acceptors (Lipinski definition) is 9. The molecule has 98 heavy (non-hydrogen) atoms. The molecule has 10 rings (SSSR count). The fraction of sp³-hybridized carbons (Fsp3) is 0.326. The van der Waals surface area contributed by atoms with E-state index in [4.69, 9.17) is 0 Å². The zero-order chi connectivity index (χ0) is 72.4. The van der Waals surface area contributed by atoms with Crippen LogP contribution in [0.25, 0.3) is 0 Å². The van der Waals surface area contributed by atoms with Gasteiger partial charge in [0.2, 0.25) is 0 Å². The minimum atomic E-state index is -1.19. The summed E-state index contributed by atoms with van der Waals surface area (Å²) in [5.41, 5.74) is 23.1. The quantitative estimate of drug-likeness (QED) is 0.0479. The molecule has 0 saturated carbocycles. The maximum Gasteiger partial charge on any atom is 0.123 e. The molecule has 0 aliphatic rings. The Morgan fingerprint density at radius 2 is 0.398 bits per heavy atom. The minimum absolute atomic E-state index is 0.00662. The van der Waals surface area contributed by atoms with Crippen LogP contribution in [0.3, 0.4) is 0 Å². The molecule has 10 aromatic rings. The number of rotatable bonds is 14. The third-order valence-electron chi connectivity index (χ3n) is 23.1. The van der Waals surface area contributed by atoms with Crippen molar-refractivity contribution in [1.29, 1.82) is 0 Å². The van der Waals surface area contributed by atoms with Crippen LogP contribution in [0.1, 0.15) is 233 Å². The molecule has 10 aromatic carbocycles. The molecule has 0 aromatic heterocycles. The van der Waals surface area contributed by atoms with Crippen molar-refractivity contribution < 1.29 is 46.0 Å². The van der Waals surface area contributed by atoms with Gasteiger partial charge >= 0.3 is 0 Å². The number of aromatic hydroxyl groups is 9. The summed E-state index contributed by atoms with van der Waals surface area (Å²) in [7, 11) is 0. The van der Waals surface area contributed by atoms with Crippen molar-refractivity contribution in [2.45, 2.75) is 195 Å². The summed E-state index contributed by atoms with van der Waals surface area (Å²) >= 11 is 0. The molecule has 0 amide bonds. The van der Waals surface area contributed by atoms with Crippen molar-refractivity contribution in [2.24, 2.45) is 0 Å². The lowest BCUT2D eigenvalue weighted by atomic mass is 9.67. The highest BCUT2D eigenvalue weighted by atomic mass is 16.3. The molecule has 0 saturated heterocycles. The molecule has 510 valence electrons. The Balaban J connectivity index is 1.28. The van der Waals surface area contributed by atoms with Gasteiger partial charge in [-0.05, 0) is 309 Å². The standard InChI is InChI=1S/C89H100O9/c1-41-29-47(7)70(82(93)56(41)16)76(71-48(8)30-42(2)57(17)83(71)94)67-38-64(35-53(13)79(67)90)88(22,23)62-25-27-63(28-26-62)89(24,65-36-54(14)80(91)68(39-65)77(72-49(9)31-43(3)58(18)84(72)95)73-50(10)32-44(4)59(19)85(73)96)66-37-55(15)81(92)69(40-66)78(74-51(11)33-45(5)60(20)86(74)97)75-52(12)34-46(6)61(21)87(75)98/h25-40,76-78,90-98H,1-24H3. The first-order valence-corrected chi connectivity index (χ1v) is 34.1. The predicted octanol–water partition coefficient (Wildman–Crippen LogP) is 20.7. The average molecular weight is 1310 g/mol. The van der Waals surface area contributed by atoms with Crippen LogP contribution < -0.4 is 0 Å². The van der Waals surface area contributed by atoms with Gasteiger partial charge in [-0.15, -0.1) is 0 Å². The maximum absolute atomic E-state index is 12.9. The van der Waals surface area contributed by atoms with Crippen molar-refractivity contribution in [3.63, 3.8) is 0 Å². The number of hydrogen-bond donors (Lipinski definition) is 9. The van der Waals surface area contributed by atoms with Gasteiger partial charge < -0.3 is 46.0 Å². The highest BCUT2D eigenvalue weighted by molar-refractivity contribution is 5.71. The first-order chi connectivity index (χ1) is 45.7. The molecule has 0 fully saturated rings. The van der Waals surface area contributed by atoms with E-state index in [0.29, 0.717) is 100 Å². The molecule has 0 heterocycles. The third-order valence-corrected chi connectivity index (χ3v) is 23.1. The van der Waals surface area contributed by atoms with Crippen LogP contribution in [0, 0.1) is 145 Å². The van der Waals surface area contributed by atoms with E-state index in [2.05, 4.69) is 57.2 Å². The Bertz CT molecular complexity index is 4580. The van der Waals surface area contributed by atoms with E-state index in [1.807, 2.05) is 206 Å². The van der Waals surface area contributed by atoms with Crippen LogP contribution in [-0.2, 0) is 10.8 Å². The molecule has 0 bridgehead atoms. The topological polar surface area (TPSA) is 182 Å². The van der Waals surface area contributed by atoms with Crippen molar-refractivity contribution in [1.82, 2.24) is 0 Å². The monoisotopic (exact) mass is 1310 g/mol. The number of aryl methyl sites for hydroxylation is 15.